The van der Waals surface area contributed by atoms with Gasteiger partial charge in [-0.2, -0.15) is 13.2 Å². The first-order valence-electron chi connectivity index (χ1n) is 5.36. The molecule has 0 aliphatic heterocycles. The molecule has 0 aliphatic rings. The summed E-state index contributed by atoms with van der Waals surface area (Å²) in [5, 5.41) is 8.94. The van der Waals surface area contributed by atoms with Gasteiger partial charge in [-0.15, -0.1) is 0 Å². The Bertz CT molecular complexity index is 608. The molecule has 1 aromatic carbocycles. The van der Waals surface area contributed by atoms with E-state index in [4.69, 9.17) is 28.3 Å². The Morgan fingerprint density at radius 2 is 1.86 bits per heavy atom. The highest BCUT2D eigenvalue weighted by Crippen LogP contribution is 2.30. The Kier molecular flexibility index (Phi) is 6.63. The summed E-state index contributed by atoms with van der Waals surface area (Å²) in [7, 11) is -4.09. The standard InChI is InChI=1S/C10H10Cl2F3NO3S2/c11-7-4-8(12)9(3-6(7)5-17)21(18,19)16-1-2-20-10(13,14)15/h3-4,16-17H,1-2,5H2. The van der Waals surface area contributed by atoms with E-state index >= 15 is 0 Å². The number of sulfonamides is 1. The summed E-state index contributed by atoms with van der Waals surface area (Å²) >= 11 is 11.2. The van der Waals surface area contributed by atoms with Crippen molar-refractivity contribution in [2.45, 2.75) is 17.0 Å². The Hall–Kier alpha value is -0.190. The van der Waals surface area contributed by atoms with Gasteiger partial charge in [0.1, 0.15) is 4.90 Å². The van der Waals surface area contributed by atoms with E-state index in [-0.39, 0.29) is 32.3 Å². The fourth-order valence-electron chi connectivity index (χ4n) is 1.32. The van der Waals surface area contributed by atoms with E-state index in [0.717, 1.165) is 12.1 Å². The van der Waals surface area contributed by atoms with Crippen LogP contribution in [0.2, 0.25) is 10.0 Å². The zero-order valence-electron chi connectivity index (χ0n) is 10.2. The molecule has 11 heteroatoms. The quantitative estimate of drug-likeness (QED) is 0.741. The van der Waals surface area contributed by atoms with E-state index in [1.807, 2.05) is 4.72 Å². The van der Waals surface area contributed by atoms with Gasteiger partial charge >= 0.3 is 5.51 Å². The lowest BCUT2D eigenvalue weighted by Gasteiger charge is -2.11. The summed E-state index contributed by atoms with van der Waals surface area (Å²) in [6, 6.07) is 2.22. The van der Waals surface area contributed by atoms with Crippen LogP contribution in [0.3, 0.4) is 0 Å². The molecule has 1 rings (SSSR count). The average Bonchev–Trinajstić information content (AvgIpc) is 2.33. The van der Waals surface area contributed by atoms with Gasteiger partial charge in [-0.05, 0) is 29.5 Å². The van der Waals surface area contributed by atoms with Gasteiger partial charge in [-0.1, -0.05) is 23.2 Å². The van der Waals surface area contributed by atoms with Gasteiger partial charge in [0.25, 0.3) is 0 Å². The van der Waals surface area contributed by atoms with Crippen LogP contribution in [-0.4, -0.2) is 31.3 Å². The average molecular weight is 384 g/mol. The Labute approximate surface area is 133 Å². The first-order valence-corrected chi connectivity index (χ1v) is 8.58. The maximum absolute atomic E-state index is 11.9. The van der Waals surface area contributed by atoms with Crippen LogP contribution in [0.4, 0.5) is 13.2 Å². The minimum absolute atomic E-state index is 0.0917. The zero-order valence-corrected chi connectivity index (χ0v) is 13.4. The summed E-state index contributed by atoms with van der Waals surface area (Å²) in [4.78, 5) is -0.352. The van der Waals surface area contributed by atoms with E-state index in [1.165, 1.54) is 0 Å². The maximum Gasteiger partial charge on any atom is 0.441 e. The number of aliphatic hydroxyl groups excluding tert-OH is 1. The molecular formula is C10H10Cl2F3NO3S2. The van der Waals surface area contributed by atoms with Crippen LogP contribution in [0, 0.1) is 0 Å². The van der Waals surface area contributed by atoms with Gasteiger partial charge in [0, 0.05) is 17.3 Å². The van der Waals surface area contributed by atoms with Crippen molar-refractivity contribution in [1.82, 2.24) is 4.72 Å². The second-order valence-corrected chi connectivity index (χ2v) is 7.43. The van der Waals surface area contributed by atoms with Crippen molar-refractivity contribution in [3.05, 3.63) is 27.7 Å². The third-order valence-electron chi connectivity index (χ3n) is 2.22. The van der Waals surface area contributed by atoms with Gasteiger partial charge in [-0.3, -0.25) is 0 Å². The van der Waals surface area contributed by atoms with Crippen molar-refractivity contribution in [2.24, 2.45) is 0 Å². The second kappa shape index (κ2) is 7.38. The molecule has 2 N–H and O–H groups in total. The van der Waals surface area contributed by atoms with Gasteiger partial charge in [0.05, 0.1) is 11.6 Å². The number of hydrogen-bond donors (Lipinski definition) is 2. The number of nitrogens with one attached hydrogen (secondary N) is 1. The van der Waals surface area contributed by atoms with E-state index in [1.54, 1.807) is 0 Å². The van der Waals surface area contributed by atoms with Crippen LogP contribution in [0.15, 0.2) is 17.0 Å². The van der Waals surface area contributed by atoms with Crippen LogP contribution in [0.1, 0.15) is 5.56 Å². The molecule has 0 saturated carbocycles. The first kappa shape index (κ1) is 18.9. The monoisotopic (exact) mass is 383 g/mol. The normalized spacial score (nSPS) is 12.7. The van der Waals surface area contributed by atoms with Crippen molar-refractivity contribution >= 4 is 45.0 Å². The minimum Gasteiger partial charge on any atom is -0.392 e. The minimum atomic E-state index is -4.42. The van der Waals surface area contributed by atoms with Gasteiger partial charge in [-0.25, -0.2) is 13.1 Å². The Morgan fingerprint density at radius 1 is 1.24 bits per heavy atom. The second-order valence-electron chi connectivity index (χ2n) is 3.72. The molecule has 0 amide bonds. The van der Waals surface area contributed by atoms with E-state index in [2.05, 4.69) is 0 Å². The van der Waals surface area contributed by atoms with E-state index in [0.29, 0.717) is 0 Å². The largest absolute Gasteiger partial charge is 0.441 e. The number of rotatable bonds is 6. The van der Waals surface area contributed by atoms with Crippen molar-refractivity contribution in [3.63, 3.8) is 0 Å². The molecule has 0 heterocycles. The van der Waals surface area contributed by atoms with Crippen molar-refractivity contribution < 1.29 is 26.7 Å². The SMILES string of the molecule is O=S(=O)(NCCSC(F)(F)F)c1cc(CO)c(Cl)cc1Cl. The number of aliphatic hydroxyl groups is 1. The molecule has 21 heavy (non-hydrogen) atoms. The number of alkyl halides is 3. The molecule has 0 saturated heterocycles. The molecule has 0 radical (unpaired) electrons. The highest BCUT2D eigenvalue weighted by Gasteiger charge is 2.28. The smallest absolute Gasteiger partial charge is 0.392 e. The summed E-state index contributed by atoms with van der Waals surface area (Å²) in [6.45, 7) is -0.914. The summed E-state index contributed by atoms with van der Waals surface area (Å²) in [5.74, 6) is -0.471. The van der Waals surface area contributed by atoms with Crippen LogP contribution < -0.4 is 4.72 Å². The summed E-state index contributed by atoms with van der Waals surface area (Å²) in [6.07, 6.45) is 0. The third-order valence-corrected chi connectivity index (χ3v) is 5.23. The fourth-order valence-corrected chi connectivity index (χ4v) is 3.77. The van der Waals surface area contributed by atoms with Crippen molar-refractivity contribution in [3.8, 4) is 0 Å². The number of hydrogen-bond acceptors (Lipinski definition) is 4. The zero-order chi connectivity index (χ0) is 16.3. The van der Waals surface area contributed by atoms with Crippen LogP contribution in [0.25, 0.3) is 0 Å². The van der Waals surface area contributed by atoms with Gasteiger partial charge < -0.3 is 5.11 Å². The molecule has 0 unspecified atom stereocenters. The predicted octanol–water partition coefficient (Wildman–Crippen LogP) is 3.02. The molecule has 0 fully saturated rings. The van der Waals surface area contributed by atoms with Crippen molar-refractivity contribution in [1.29, 1.82) is 0 Å². The molecule has 0 aliphatic carbocycles. The summed E-state index contributed by atoms with van der Waals surface area (Å²) in [5.41, 5.74) is -4.28. The number of benzene rings is 1. The first-order chi connectivity index (χ1) is 9.57. The maximum atomic E-state index is 11.9. The molecule has 0 aromatic heterocycles. The molecule has 0 atom stereocenters. The van der Waals surface area contributed by atoms with Crippen LogP contribution >= 0.6 is 35.0 Å². The fraction of sp³-hybridized carbons (Fsp3) is 0.400. The molecule has 0 bridgehead atoms. The van der Waals surface area contributed by atoms with E-state index < -0.39 is 34.4 Å². The van der Waals surface area contributed by atoms with Crippen molar-refractivity contribution in [2.75, 3.05) is 12.3 Å². The Morgan fingerprint density at radius 3 is 2.38 bits per heavy atom. The molecule has 0 spiro atoms. The highest BCUT2D eigenvalue weighted by atomic mass is 35.5. The molecular weight excluding hydrogens is 374 g/mol. The highest BCUT2D eigenvalue weighted by molar-refractivity contribution is 8.00. The van der Waals surface area contributed by atoms with Crippen LogP contribution in [0.5, 0.6) is 0 Å². The number of thioether (sulfide) groups is 1. The lowest BCUT2D eigenvalue weighted by molar-refractivity contribution is -0.0327. The lowest BCUT2D eigenvalue weighted by Crippen LogP contribution is -2.27. The van der Waals surface area contributed by atoms with Gasteiger partial charge in [0.15, 0.2) is 0 Å². The summed E-state index contributed by atoms with van der Waals surface area (Å²) < 4.78 is 61.7. The van der Waals surface area contributed by atoms with E-state index in [9.17, 15) is 21.6 Å². The van der Waals surface area contributed by atoms with Gasteiger partial charge in [0.2, 0.25) is 10.0 Å². The molecule has 1 aromatic rings. The third kappa shape index (κ3) is 5.84. The Balaban J connectivity index is 2.84. The number of halogens is 5. The molecule has 4 nitrogen and oxygen atoms in total. The topological polar surface area (TPSA) is 66.4 Å². The predicted molar refractivity (Wildman–Crippen MR) is 76.1 cm³/mol. The lowest BCUT2D eigenvalue weighted by atomic mass is 10.2. The molecule has 120 valence electrons. The van der Waals surface area contributed by atoms with Crippen LogP contribution in [-0.2, 0) is 16.6 Å².